The van der Waals surface area contributed by atoms with Crippen LogP contribution in [0.2, 0.25) is 0 Å². The Morgan fingerprint density at radius 1 is 0.686 bits per heavy atom. The highest BCUT2D eigenvalue weighted by atomic mass is 14.2. The topological polar surface area (TPSA) is 0 Å². The Labute approximate surface area is 207 Å². The lowest BCUT2D eigenvalue weighted by molar-refractivity contribution is 1.19. The number of aryl methyl sites for hydroxylation is 1. The molecule has 35 heavy (non-hydrogen) atoms. The Morgan fingerprint density at radius 2 is 1.34 bits per heavy atom. The van der Waals surface area contributed by atoms with Gasteiger partial charge >= 0.3 is 0 Å². The summed E-state index contributed by atoms with van der Waals surface area (Å²) in [5.74, 6) is 0. The van der Waals surface area contributed by atoms with Crippen LogP contribution in [0.4, 0.5) is 0 Å². The lowest BCUT2D eigenvalue weighted by Gasteiger charge is -2.15. The van der Waals surface area contributed by atoms with Gasteiger partial charge in [-0.3, -0.25) is 0 Å². The van der Waals surface area contributed by atoms with Gasteiger partial charge in [0.25, 0.3) is 0 Å². The van der Waals surface area contributed by atoms with E-state index in [2.05, 4.69) is 125 Å². The first-order valence-electron chi connectivity index (χ1n) is 12.5. The molecule has 0 heteroatoms. The molecule has 0 spiro atoms. The summed E-state index contributed by atoms with van der Waals surface area (Å²) in [7, 11) is 0. The van der Waals surface area contributed by atoms with Gasteiger partial charge in [0.15, 0.2) is 0 Å². The number of fused-ring (bicyclic) bond motifs is 2. The summed E-state index contributed by atoms with van der Waals surface area (Å²) >= 11 is 0. The van der Waals surface area contributed by atoms with Gasteiger partial charge < -0.3 is 0 Å². The van der Waals surface area contributed by atoms with Crippen LogP contribution in [0.3, 0.4) is 0 Å². The van der Waals surface area contributed by atoms with Crippen LogP contribution in [0.25, 0.3) is 17.2 Å². The Balaban J connectivity index is 1.90. The third-order valence-electron chi connectivity index (χ3n) is 7.76. The summed E-state index contributed by atoms with van der Waals surface area (Å²) in [6.45, 7) is 9.12. The molecule has 0 aromatic heterocycles. The first kappa shape index (κ1) is 21.6. The zero-order valence-corrected chi connectivity index (χ0v) is 20.9. The van der Waals surface area contributed by atoms with Crippen molar-refractivity contribution in [1.29, 1.82) is 0 Å². The molecule has 0 heterocycles. The van der Waals surface area contributed by atoms with Crippen LogP contribution in [0.15, 0.2) is 91.0 Å². The molecule has 2 aliphatic carbocycles. The Bertz CT molecular complexity index is 1720. The zero-order chi connectivity index (χ0) is 24.1. The van der Waals surface area contributed by atoms with Gasteiger partial charge in [-0.25, -0.2) is 0 Å². The van der Waals surface area contributed by atoms with Gasteiger partial charge in [0.2, 0.25) is 0 Å². The standard InChI is InChI=1S/C35H30/c1-22-19-29-21-31-32(26-17-11-12-18-26)24(3)23(2)25(4)33(31)35(29)30(20-22)34(27-13-7-5-8-14-27)28-15-9-6-10-16-28/h5-17,19-21H,18H2,1-4H3. The van der Waals surface area contributed by atoms with Crippen LogP contribution < -0.4 is 10.4 Å². The fraction of sp³-hybridized carbons (Fsp3) is 0.143. The summed E-state index contributed by atoms with van der Waals surface area (Å²) in [6, 6.07) is 26.5. The molecule has 0 radical (unpaired) electrons. The molecule has 0 saturated carbocycles. The molecular formula is C35H30. The van der Waals surface area contributed by atoms with Crippen molar-refractivity contribution >= 4 is 17.2 Å². The molecule has 4 aromatic carbocycles. The Morgan fingerprint density at radius 3 is 1.94 bits per heavy atom. The molecule has 2 aliphatic rings. The average Bonchev–Trinajstić information content (AvgIpc) is 3.53. The van der Waals surface area contributed by atoms with Crippen molar-refractivity contribution in [3.63, 3.8) is 0 Å². The molecule has 0 bridgehead atoms. The quantitative estimate of drug-likeness (QED) is 0.279. The Hall–Kier alpha value is -3.90. The molecule has 170 valence electrons. The van der Waals surface area contributed by atoms with Crippen LogP contribution in [0, 0.1) is 38.1 Å². The highest BCUT2D eigenvalue weighted by Crippen LogP contribution is 2.29. The summed E-state index contributed by atoms with van der Waals surface area (Å²) in [4.78, 5) is 0. The summed E-state index contributed by atoms with van der Waals surface area (Å²) < 4.78 is 0. The molecule has 0 aliphatic heterocycles. The number of hydrogen-bond acceptors (Lipinski definition) is 0. The number of allylic oxidation sites excluding steroid dienone is 4. The SMILES string of the molecule is Cc1cc2c(c(=C(c3ccccc3)c3ccccc3)c1)=c1c(C)c(C)c(C)c(C3=CC=CC3)c1=C2. The summed E-state index contributed by atoms with van der Waals surface area (Å²) in [5.41, 5.74) is 13.5. The van der Waals surface area contributed by atoms with E-state index >= 15 is 0 Å². The van der Waals surface area contributed by atoms with E-state index in [0.29, 0.717) is 0 Å². The van der Waals surface area contributed by atoms with Crippen molar-refractivity contribution < 1.29 is 0 Å². The minimum absolute atomic E-state index is 1.01. The predicted octanol–water partition coefficient (Wildman–Crippen LogP) is 6.94. The first-order chi connectivity index (χ1) is 17.0. The van der Waals surface area contributed by atoms with Crippen LogP contribution in [0.5, 0.6) is 0 Å². The molecule has 0 N–H and O–H groups in total. The van der Waals surface area contributed by atoms with E-state index in [1.807, 2.05) is 0 Å². The van der Waals surface area contributed by atoms with E-state index in [1.54, 1.807) is 0 Å². The molecule has 6 rings (SSSR count). The van der Waals surface area contributed by atoms with Gasteiger partial charge in [-0.05, 0) is 117 Å². The maximum atomic E-state index is 2.45. The van der Waals surface area contributed by atoms with Crippen LogP contribution in [0.1, 0.15) is 50.9 Å². The van der Waals surface area contributed by atoms with E-state index in [0.717, 1.165) is 6.42 Å². The molecular weight excluding hydrogens is 420 g/mol. The normalized spacial score (nSPS) is 13.3. The van der Waals surface area contributed by atoms with Gasteiger partial charge in [0.05, 0.1) is 0 Å². The van der Waals surface area contributed by atoms with Gasteiger partial charge in [-0.1, -0.05) is 91.0 Å². The smallest absolute Gasteiger partial charge is 0.00230 e. The zero-order valence-electron chi connectivity index (χ0n) is 20.9. The molecule has 0 fully saturated rings. The Kier molecular flexibility index (Phi) is 5.19. The fourth-order valence-electron chi connectivity index (χ4n) is 5.95. The van der Waals surface area contributed by atoms with E-state index in [4.69, 9.17) is 0 Å². The summed E-state index contributed by atoms with van der Waals surface area (Å²) in [5, 5.41) is 5.50. The van der Waals surface area contributed by atoms with Gasteiger partial charge in [-0.2, -0.15) is 0 Å². The van der Waals surface area contributed by atoms with Crippen molar-refractivity contribution in [3.8, 4) is 0 Å². The second-order valence-electron chi connectivity index (χ2n) is 9.89. The third kappa shape index (κ3) is 3.44. The van der Waals surface area contributed by atoms with E-state index in [-0.39, 0.29) is 0 Å². The number of benzene rings is 4. The highest BCUT2D eigenvalue weighted by molar-refractivity contribution is 5.82. The van der Waals surface area contributed by atoms with Crippen LogP contribution in [-0.2, 0) is 0 Å². The number of rotatable bonds is 3. The lowest BCUT2D eigenvalue weighted by atomic mass is 9.89. The second-order valence-corrected chi connectivity index (χ2v) is 9.89. The van der Waals surface area contributed by atoms with Crippen molar-refractivity contribution in [2.45, 2.75) is 34.1 Å². The third-order valence-corrected chi connectivity index (χ3v) is 7.76. The predicted molar refractivity (Wildman–Crippen MR) is 149 cm³/mol. The fourth-order valence-corrected chi connectivity index (χ4v) is 5.95. The molecule has 0 atom stereocenters. The molecule has 0 nitrogen and oxygen atoms in total. The number of hydrogen-bond donors (Lipinski definition) is 0. The van der Waals surface area contributed by atoms with E-state index in [1.165, 1.54) is 76.5 Å². The monoisotopic (exact) mass is 450 g/mol. The lowest BCUT2D eigenvalue weighted by Crippen LogP contribution is -2.17. The summed E-state index contributed by atoms with van der Waals surface area (Å²) in [6.07, 6.45) is 10.2. The maximum Gasteiger partial charge on any atom is -0.00230 e. The van der Waals surface area contributed by atoms with Crippen LogP contribution >= 0.6 is 0 Å². The molecule has 4 aromatic rings. The van der Waals surface area contributed by atoms with Gasteiger partial charge in [-0.15, -0.1) is 0 Å². The van der Waals surface area contributed by atoms with Crippen molar-refractivity contribution in [1.82, 2.24) is 0 Å². The maximum absolute atomic E-state index is 2.45. The minimum atomic E-state index is 1.01. The second kappa shape index (κ2) is 8.40. The van der Waals surface area contributed by atoms with Crippen LogP contribution in [-0.4, -0.2) is 0 Å². The molecule has 0 unspecified atom stereocenters. The van der Waals surface area contributed by atoms with Crippen molar-refractivity contribution in [2.75, 3.05) is 0 Å². The highest BCUT2D eigenvalue weighted by Gasteiger charge is 2.19. The van der Waals surface area contributed by atoms with Crippen molar-refractivity contribution in [3.05, 3.63) is 156 Å². The van der Waals surface area contributed by atoms with Gasteiger partial charge in [0.1, 0.15) is 0 Å². The van der Waals surface area contributed by atoms with E-state index < -0.39 is 0 Å². The van der Waals surface area contributed by atoms with Gasteiger partial charge in [0, 0.05) is 0 Å². The average molecular weight is 451 g/mol. The molecule has 0 saturated heterocycles. The largest absolute Gasteiger partial charge is 0.0801 e. The minimum Gasteiger partial charge on any atom is -0.0801 e. The van der Waals surface area contributed by atoms with Crippen molar-refractivity contribution in [2.24, 2.45) is 0 Å². The van der Waals surface area contributed by atoms with E-state index in [9.17, 15) is 0 Å². The molecule has 0 amide bonds. The first-order valence-corrected chi connectivity index (χ1v) is 12.5.